The summed E-state index contributed by atoms with van der Waals surface area (Å²) in [6, 6.07) is 8.30. The molecule has 0 amide bonds. The highest BCUT2D eigenvalue weighted by Gasteiger charge is 2.20. The van der Waals surface area contributed by atoms with Gasteiger partial charge >= 0.3 is 9.28 Å². The predicted molar refractivity (Wildman–Crippen MR) is 63.7 cm³/mol. The summed E-state index contributed by atoms with van der Waals surface area (Å²) in [5, 5.41) is 0. The molecule has 0 aliphatic carbocycles. The van der Waals surface area contributed by atoms with E-state index >= 15 is 0 Å². The topological polar surface area (TPSA) is 18.5 Å². The first-order chi connectivity index (χ1) is 6.69. The molecule has 1 unspecified atom stereocenters. The highest BCUT2D eigenvalue weighted by Crippen LogP contribution is 2.21. The molecule has 0 radical (unpaired) electrons. The maximum Gasteiger partial charge on any atom is 0.328 e. The Kier molecular flexibility index (Phi) is 4.81. The van der Waals surface area contributed by atoms with Crippen LogP contribution in [0.3, 0.4) is 0 Å². The van der Waals surface area contributed by atoms with Crippen LogP contribution in [0.5, 0.6) is 0 Å². The first kappa shape index (κ1) is 11.9. The van der Waals surface area contributed by atoms with E-state index in [4.69, 9.17) is 8.85 Å². The van der Waals surface area contributed by atoms with Crippen molar-refractivity contribution in [3.8, 4) is 0 Å². The normalized spacial score (nSPS) is 13.2. The fourth-order valence-electron chi connectivity index (χ4n) is 1.43. The van der Waals surface area contributed by atoms with Crippen LogP contribution in [0.1, 0.15) is 18.0 Å². The van der Waals surface area contributed by atoms with Crippen LogP contribution in [0.2, 0.25) is 0 Å². The lowest BCUT2D eigenvalue weighted by Crippen LogP contribution is -2.26. The molecule has 14 heavy (non-hydrogen) atoms. The second-order valence-corrected chi connectivity index (χ2v) is 6.78. The molecule has 1 rings (SSSR count). The van der Waals surface area contributed by atoms with E-state index in [0.29, 0.717) is 5.54 Å². The minimum Gasteiger partial charge on any atom is -0.400 e. The highest BCUT2D eigenvalue weighted by molar-refractivity contribution is 9.10. The lowest BCUT2D eigenvalue weighted by atomic mass is 10.2. The minimum atomic E-state index is -1.54. The Morgan fingerprint density at radius 1 is 1.14 bits per heavy atom. The predicted octanol–water partition coefficient (Wildman–Crippen LogP) is 2.61. The van der Waals surface area contributed by atoms with Gasteiger partial charge in [-0.05, 0) is 17.7 Å². The molecule has 0 N–H and O–H groups in total. The molecule has 0 saturated heterocycles. The molecule has 4 heteroatoms. The average molecular weight is 275 g/mol. The van der Waals surface area contributed by atoms with Crippen LogP contribution in [0.25, 0.3) is 0 Å². The molecule has 0 aromatic heterocycles. The van der Waals surface area contributed by atoms with Gasteiger partial charge in [-0.15, -0.1) is 0 Å². The lowest BCUT2D eigenvalue weighted by molar-refractivity contribution is 0.269. The number of halogens is 1. The largest absolute Gasteiger partial charge is 0.400 e. The van der Waals surface area contributed by atoms with Crippen molar-refractivity contribution in [3.63, 3.8) is 0 Å². The SMILES string of the molecule is CO[SiH](OC)C(C)c1ccc(Br)cc1. The van der Waals surface area contributed by atoms with E-state index in [1.807, 2.05) is 12.1 Å². The summed E-state index contributed by atoms with van der Waals surface area (Å²) in [5.74, 6) is 0. The molecule has 78 valence electrons. The van der Waals surface area contributed by atoms with Gasteiger partial charge in [0.05, 0.1) is 0 Å². The Morgan fingerprint density at radius 3 is 2.07 bits per heavy atom. The smallest absolute Gasteiger partial charge is 0.328 e. The van der Waals surface area contributed by atoms with Crippen molar-refractivity contribution >= 4 is 25.2 Å². The molecular weight excluding hydrogens is 260 g/mol. The summed E-state index contributed by atoms with van der Waals surface area (Å²) >= 11 is 3.41. The summed E-state index contributed by atoms with van der Waals surface area (Å²) < 4.78 is 11.8. The van der Waals surface area contributed by atoms with E-state index in [9.17, 15) is 0 Å². The van der Waals surface area contributed by atoms with Gasteiger partial charge in [-0.3, -0.25) is 0 Å². The van der Waals surface area contributed by atoms with Crippen molar-refractivity contribution in [2.75, 3.05) is 14.2 Å². The van der Waals surface area contributed by atoms with Gasteiger partial charge in [-0.1, -0.05) is 35.0 Å². The van der Waals surface area contributed by atoms with E-state index in [-0.39, 0.29) is 0 Å². The Morgan fingerprint density at radius 2 is 1.64 bits per heavy atom. The molecule has 1 aromatic carbocycles. The van der Waals surface area contributed by atoms with Crippen LogP contribution in [-0.2, 0) is 8.85 Å². The summed E-state index contributed by atoms with van der Waals surface area (Å²) in [4.78, 5) is 0. The zero-order valence-electron chi connectivity index (χ0n) is 8.66. The van der Waals surface area contributed by atoms with Gasteiger partial charge in [-0.2, -0.15) is 0 Å². The first-order valence-electron chi connectivity index (χ1n) is 4.50. The average Bonchev–Trinajstić information content (AvgIpc) is 2.20. The molecule has 0 aliphatic rings. The molecule has 2 nitrogen and oxygen atoms in total. The summed E-state index contributed by atoms with van der Waals surface area (Å²) in [5.41, 5.74) is 1.65. The van der Waals surface area contributed by atoms with Crippen LogP contribution in [-0.4, -0.2) is 23.5 Å². The van der Waals surface area contributed by atoms with Gasteiger partial charge in [-0.25, -0.2) is 0 Å². The molecule has 0 aliphatic heterocycles. The van der Waals surface area contributed by atoms with Gasteiger partial charge in [0.1, 0.15) is 0 Å². The number of benzene rings is 1. The molecule has 0 saturated carbocycles. The van der Waals surface area contributed by atoms with Crippen molar-refractivity contribution in [1.82, 2.24) is 0 Å². The van der Waals surface area contributed by atoms with E-state index in [0.717, 1.165) is 4.47 Å². The lowest BCUT2D eigenvalue weighted by Gasteiger charge is -2.18. The van der Waals surface area contributed by atoms with Gasteiger partial charge in [0, 0.05) is 24.2 Å². The summed E-state index contributed by atoms with van der Waals surface area (Å²) in [7, 11) is 1.89. The zero-order chi connectivity index (χ0) is 10.6. The van der Waals surface area contributed by atoms with Gasteiger partial charge < -0.3 is 8.85 Å². The Bertz CT molecular complexity index is 272. The van der Waals surface area contributed by atoms with Crippen LogP contribution < -0.4 is 0 Å². The van der Waals surface area contributed by atoms with Crippen molar-refractivity contribution in [2.45, 2.75) is 12.5 Å². The van der Waals surface area contributed by atoms with E-state index < -0.39 is 9.28 Å². The van der Waals surface area contributed by atoms with E-state index in [2.05, 4.69) is 35.0 Å². The molecule has 1 atom stereocenters. The molecule has 0 heterocycles. The van der Waals surface area contributed by atoms with Crippen molar-refractivity contribution < 1.29 is 8.85 Å². The van der Waals surface area contributed by atoms with Crippen molar-refractivity contribution in [2.24, 2.45) is 0 Å². The van der Waals surface area contributed by atoms with Crippen LogP contribution in [0, 0.1) is 0 Å². The standard InChI is InChI=1S/C10H15BrO2Si/c1-8(14(12-2)13-3)9-4-6-10(11)7-5-9/h4-8,14H,1-3H3. The zero-order valence-corrected chi connectivity index (χ0v) is 11.4. The maximum absolute atomic E-state index is 5.35. The molecule has 1 aromatic rings. The minimum absolute atomic E-state index is 0.373. The van der Waals surface area contributed by atoms with Gasteiger partial charge in [0.25, 0.3) is 0 Å². The Labute approximate surface area is 95.2 Å². The molecule has 0 fully saturated rings. The third kappa shape index (κ3) is 2.92. The molecular formula is C10H15BrO2Si. The first-order valence-corrected chi connectivity index (χ1v) is 6.90. The number of hydrogen-bond donors (Lipinski definition) is 0. The maximum atomic E-state index is 5.35. The van der Waals surface area contributed by atoms with Gasteiger partial charge in [0.2, 0.25) is 0 Å². The fraction of sp³-hybridized carbons (Fsp3) is 0.400. The van der Waals surface area contributed by atoms with Crippen molar-refractivity contribution in [3.05, 3.63) is 34.3 Å². The third-order valence-corrected chi connectivity index (χ3v) is 4.93. The second kappa shape index (κ2) is 5.65. The Hall–Kier alpha value is -0.163. The van der Waals surface area contributed by atoms with Gasteiger partial charge in [0.15, 0.2) is 0 Å². The van der Waals surface area contributed by atoms with E-state index in [1.165, 1.54) is 5.56 Å². The number of rotatable bonds is 4. The van der Waals surface area contributed by atoms with Crippen LogP contribution in [0.4, 0.5) is 0 Å². The Balaban J connectivity index is 2.77. The summed E-state index contributed by atoms with van der Waals surface area (Å²) in [6.45, 7) is 2.15. The molecule has 0 spiro atoms. The van der Waals surface area contributed by atoms with Crippen LogP contribution in [0.15, 0.2) is 28.7 Å². The van der Waals surface area contributed by atoms with E-state index in [1.54, 1.807) is 14.2 Å². The van der Waals surface area contributed by atoms with Crippen molar-refractivity contribution in [1.29, 1.82) is 0 Å². The quantitative estimate of drug-likeness (QED) is 0.786. The third-order valence-electron chi connectivity index (χ3n) is 2.27. The van der Waals surface area contributed by atoms with Crippen LogP contribution >= 0.6 is 15.9 Å². The number of hydrogen-bond acceptors (Lipinski definition) is 2. The molecule has 0 bridgehead atoms. The monoisotopic (exact) mass is 274 g/mol. The second-order valence-electron chi connectivity index (χ2n) is 3.18. The highest BCUT2D eigenvalue weighted by atomic mass is 79.9. The summed E-state index contributed by atoms with van der Waals surface area (Å²) in [6.07, 6.45) is 0. The fourth-order valence-corrected chi connectivity index (χ4v) is 3.24.